The van der Waals surface area contributed by atoms with Gasteiger partial charge in [0, 0.05) is 18.0 Å². The first-order valence-electron chi connectivity index (χ1n) is 4.58. The van der Waals surface area contributed by atoms with Gasteiger partial charge in [-0.3, -0.25) is 0 Å². The SMILES string of the molecule is Cc1cc(F)cc(NCCSC(F)(F)F)c1. The van der Waals surface area contributed by atoms with Crippen LogP contribution in [0.2, 0.25) is 0 Å². The second-order valence-corrected chi connectivity index (χ2v) is 4.40. The molecule has 0 atom stereocenters. The van der Waals surface area contributed by atoms with Gasteiger partial charge in [-0.1, -0.05) is 0 Å². The minimum Gasteiger partial charge on any atom is -0.384 e. The maximum atomic E-state index is 12.9. The van der Waals surface area contributed by atoms with E-state index in [-0.39, 0.29) is 24.1 Å². The van der Waals surface area contributed by atoms with Crippen LogP contribution in [0.15, 0.2) is 18.2 Å². The van der Waals surface area contributed by atoms with Crippen molar-refractivity contribution in [1.29, 1.82) is 0 Å². The van der Waals surface area contributed by atoms with Crippen LogP contribution in [0.3, 0.4) is 0 Å². The first-order valence-corrected chi connectivity index (χ1v) is 5.57. The molecular formula is C10H11F4NS. The van der Waals surface area contributed by atoms with Crippen molar-refractivity contribution in [2.75, 3.05) is 17.6 Å². The average molecular weight is 253 g/mol. The van der Waals surface area contributed by atoms with Gasteiger partial charge < -0.3 is 5.32 Å². The third-order valence-electron chi connectivity index (χ3n) is 1.74. The molecule has 0 aliphatic rings. The highest BCUT2D eigenvalue weighted by Crippen LogP contribution is 2.29. The van der Waals surface area contributed by atoms with Crippen LogP contribution >= 0.6 is 11.8 Å². The van der Waals surface area contributed by atoms with E-state index in [4.69, 9.17) is 0 Å². The Morgan fingerprint density at radius 3 is 2.50 bits per heavy atom. The summed E-state index contributed by atoms with van der Waals surface area (Å²) in [4.78, 5) is 0. The van der Waals surface area contributed by atoms with E-state index < -0.39 is 11.3 Å². The molecule has 0 aliphatic heterocycles. The van der Waals surface area contributed by atoms with Gasteiger partial charge in [-0.05, 0) is 42.4 Å². The van der Waals surface area contributed by atoms with E-state index in [1.807, 2.05) is 0 Å². The first-order chi connectivity index (χ1) is 7.37. The highest BCUT2D eigenvalue weighted by Gasteiger charge is 2.27. The zero-order chi connectivity index (χ0) is 12.2. The van der Waals surface area contributed by atoms with Crippen molar-refractivity contribution in [1.82, 2.24) is 0 Å². The Kier molecular flexibility index (Phi) is 4.46. The van der Waals surface area contributed by atoms with Crippen molar-refractivity contribution in [3.8, 4) is 0 Å². The molecular weight excluding hydrogens is 242 g/mol. The number of nitrogens with one attached hydrogen (secondary N) is 1. The van der Waals surface area contributed by atoms with E-state index in [1.165, 1.54) is 12.1 Å². The standard InChI is InChI=1S/C10H11F4NS/c1-7-4-8(11)6-9(5-7)15-2-3-16-10(12,13)14/h4-6,15H,2-3H2,1H3. The summed E-state index contributed by atoms with van der Waals surface area (Å²) >= 11 is -0.0950. The molecule has 0 saturated carbocycles. The highest BCUT2D eigenvalue weighted by molar-refractivity contribution is 8.00. The van der Waals surface area contributed by atoms with E-state index >= 15 is 0 Å². The fraction of sp³-hybridized carbons (Fsp3) is 0.400. The predicted molar refractivity (Wildman–Crippen MR) is 58.1 cm³/mol. The van der Waals surface area contributed by atoms with Gasteiger partial charge in [-0.2, -0.15) is 13.2 Å². The number of halogens is 4. The molecule has 6 heteroatoms. The van der Waals surface area contributed by atoms with Crippen LogP contribution in [-0.4, -0.2) is 17.8 Å². The van der Waals surface area contributed by atoms with Crippen LogP contribution in [0, 0.1) is 12.7 Å². The van der Waals surface area contributed by atoms with E-state index in [2.05, 4.69) is 5.32 Å². The summed E-state index contributed by atoms with van der Waals surface area (Å²) in [5, 5.41) is 2.74. The maximum absolute atomic E-state index is 12.9. The average Bonchev–Trinajstić information content (AvgIpc) is 2.09. The second kappa shape index (κ2) is 5.43. The molecule has 0 spiro atoms. The van der Waals surface area contributed by atoms with Crippen LogP contribution in [0.4, 0.5) is 23.2 Å². The molecule has 0 radical (unpaired) electrons. The molecule has 0 amide bonds. The maximum Gasteiger partial charge on any atom is 0.441 e. The zero-order valence-electron chi connectivity index (χ0n) is 8.57. The van der Waals surface area contributed by atoms with E-state index in [1.54, 1.807) is 13.0 Å². The van der Waals surface area contributed by atoms with Crippen molar-refractivity contribution in [3.63, 3.8) is 0 Å². The summed E-state index contributed by atoms with van der Waals surface area (Å²) in [5.41, 5.74) is -2.98. The summed E-state index contributed by atoms with van der Waals surface area (Å²) in [6, 6.07) is 4.29. The molecule has 0 fully saturated rings. The van der Waals surface area contributed by atoms with E-state index in [9.17, 15) is 17.6 Å². The predicted octanol–water partition coefficient (Wildman–Crippen LogP) is 3.80. The quantitative estimate of drug-likeness (QED) is 0.647. The molecule has 90 valence electrons. The Hall–Kier alpha value is -0.910. The van der Waals surface area contributed by atoms with Gasteiger partial charge in [0.1, 0.15) is 5.82 Å². The molecule has 0 aromatic heterocycles. The van der Waals surface area contributed by atoms with Gasteiger partial charge in [-0.15, -0.1) is 0 Å². The minimum absolute atomic E-state index is 0.0950. The third kappa shape index (κ3) is 5.25. The monoisotopic (exact) mass is 253 g/mol. The topological polar surface area (TPSA) is 12.0 Å². The zero-order valence-corrected chi connectivity index (χ0v) is 9.38. The van der Waals surface area contributed by atoms with Gasteiger partial charge in [0.15, 0.2) is 0 Å². The lowest BCUT2D eigenvalue weighted by Crippen LogP contribution is -2.09. The number of thioether (sulfide) groups is 1. The normalized spacial score (nSPS) is 11.6. The number of alkyl halides is 3. The van der Waals surface area contributed by atoms with Gasteiger partial charge in [0.05, 0.1) is 0 Å². The van der Waals surface area contributed by atoms with Gasteiger partial charge in [-0.25, -0.2) is 4.39 Å². The smallest absolute Gasteiger partial charge is 0.384 e. The van der Waals surface area contributed by atoms with Crippen LogP contribution in [0.5, 0.6) is 0 Å². The number of hydrogen-bond donors (Lipinski definition) is 1. The Morgan fingerprint density at radius 1 is 1.25 bits per heavy atom. The Labute approximate surface area is 95.2 Å². The largest absolute Gasteiger partial charge is 0.441 e. The van der Waals surface area contributed by atoms with Crippen molar-refractivity contribution < 1.29 is 17.6 Å². The lowest BCUT2D eigenvalue weighted by Gasteiger charge is -2.08. The fourth-order valence-corrected chi connectivity index (χ4v) is 1.64. The number of rotatable bonds is 4. The van der Waals surface area contributed by atoms with Crippen LogP contribution < -0.4 is 5.32 Å². The lowest BCUT2D eigenvalue weighted by molar-refractivity contribution is -0.0327. The Morgan fingerprint density at radius 2 is 1.94 bits per heavy atom. The highest BCUT2D eigenvalue weighted by atomic mass is 32.2. The molecule has 1 nitrogen and oxygen atoms in total. The summed E-state index contributed by atoms with van der Waals surface area (Å²) in [6.07, 6.45) is 0. The summed E-state index contributed by atoms with van der Waals surface area (Å²) in [5.74, 6) is -0.495. The summed E-state index contributed by atoms with van der Waals surface area (Å²) < 4.78 is 48.3. The molecule has 0 saturated heterocycles. The minimum atomic E-state index is -4.21. The first kappa shape index (κ1) is 13.2. The van der Waals surface area contributed by atoms with Gasteiger partial charge >= 0.3 is 5.51 Å². The number of benzene rings is 1. The van der Waals surface area contributed by atoms with Crippen LogP contribution in [-0.2, 0) is 0 Å². The number of aryl methyl sites for hydroxylation is 1. The van der Waals surface area contributed by atoms with Gasteiger partial charge in [0.25, 0.3) is 0 Å². The molecule has 0 heterocycles. The molecule has 1 aromatic rings. The van der Waals surface area contributed by atoms with Crippen molar-refractivity contribution >= 4 is 17.4 Å². The van der Waals surface area contributed by atoms with E-state index in [0.29, 0.717) is 5.69 Å². The third-order valence-corrected chi connectivity index (χ3v) is 2.47. The molecule has 1 rings (SSSR count). The fourth-order valence-electron chi connectivity index (χ4n) is 1.20. The molecule has 1 aromatic carbocycles. The molecule has 0 aliphatic carbocycles. The van der Waals surface area contributed by atoms with Gasteiger partial charge in [0.2, 0.25) is 0 Å². The van der Waals surface area contributed by atoms with E-state index in [0.717, 1.165) is 5.56 Å². The molecule has 0 unspecified atom stereocenters. The van der Waals surface area contributed by atoms with Crippen LogP contribution in [0.1, 0.15) is 5.56 Å². The van der Waals surface area contributed by atoms with Crippen molar-refractivity contribution in [2.24, 2.45) is 0 Å². The molecule has 16 heavy (non-hydrogen) atoms. The lowest BCUT2D eigenvalue weighted by atomic mass is 10.2. The number of hydrogen-bond acceptors (Lipinski definition) is 2. The molecule has 1 N–H and O–H groups in total. The van der Waals surface area contributed by atoms with Crippen molar-refractivity contribution in [3.05, 3.63) is 29.6 Å². The summed E-state index contributed by atoms with van der Waals surface area (Å²) in [6.45, 7) is 1.87. The molecule has 0 bridgehead atoms. The Bertz CT molecular complexity index is 331. The summed E-state index contributed by atoms with van der Waals surface area (Å²) in [7, 11) is 0. The number of anilines is 1. The van der Waals surface area contributed by atoms with Crippen LogP contribution in [0.25, 0.3) is 0 Å². The Balaban J connectivity index is 2.37. The van der Waals surface area contributed by atoms with Crippen molar-refractivity contribution in [2.45, 2.75) is 12.4 Å². The second-order valence-electron chi connectivity index (χ2n) is 3.24.